The third-order valence-electron chi connectivity index (χ3n) is 2.86. The molecule has 108 valence electrons. The van der Waals surface area contributed by atoms with Gasteiger partial charge in [0, 0.05) is 20.1 Å². The number of rotatable bonds is 8. The molecule has 1 amide bonds. The third kappa shape index (κ3) is 5.82. The second-order valence-corrected chi connectivity index (χ2v) is 6.97. The van der Waals surface area contributed by atoms with E-state index in [1.54, 1.807) is 14.1 Å². The van der Waals surface area contributed by atoms with Crippen LogP contribution in [-0.2, 0) is 14.8 Å². The summed E-state index contributed by atoms with van der Waals surface area (Å²) in [6, 6.07) is -0.126. The highest BCUT2D eigenvalue weighted by Crippen LogP contribution is 2.07. The molecule has 5 nitrogen and oxygen atoms in total. The van der Waals surface area contributed by atoms with E-state index in [1.165, 1.54) is 11.8 Å². The van der Waals surface area contributed by atoms with Gasteiger partial charge in [-0.15, -0.1) is 0 Å². The molecular formula is C12H26N2O3S. The summed E-state index contributed by atoms with van der Waals surface area (Å²) in [4.78, 5) is 12.9. The normalized spacial score (nSPS) is 15.2. The lowest BCUT2D eigenvalue weighted by Crippen LogP contribution is -2.45. The van der Waals surface area contributed by atoms with Crippen LogP contribution < -0.4 is 4.72 Å². The van der Waals surface area contributed by atoms with E-state index in [-0.39, 0.29) is 6.04 Å². The standard InChI is InChI=1S/C12H26N2O3S/c1-6-7-8-9-10(2)13-18(16,17)11(3)12(15)14(4)5/h10-11,13H,6-9H2,1-5H3/t10-,11-/m0/s1. The van der Waals surface area contributed by atoms with Gasteiger partial charge in [-0.2, -0.15) is 0 Å². The first kappa shape index (κ1) is 17.4. The van der Waals surface area contributed by atoms with Gasteiger partial charge in [-0.25, -0.2) is 13.1 Å². The Morgan fingerprint density at radius 2 is 1.78 bits per heavy atom. The van der Waals surface area contributed by atoms with E-state index in [0.717, 1.165) is 25.7 Å². The average Bonchev–Trinajstić information content (AvgIpc) is 2.26. The molecular weight excluding hydrogens is 252 g/mol. The van der Waals surface area contributed by atoms with Gasteiger partial charge in [0.15, 0.2) is 5.25 Å². The highest BCUT2D eigenvalue weighted by molar-refractivity contribution is 7.90. The van der Waals surface area contributed by atoms with Gasteiger partial charge >= 0.3 is 0 Å². The van der Waals surface area contributed by atoms with Gasteiger partial charge in [-0.3, -0.25) is 4.79 Å². The van der Waals surface area contributed by atoms with Crippen LogP contribution >= 0.6 is 0 Å². The first-order valence-corrected chi connectivity index (χ1v) is 7.99. The zero-order valence-corrected chi connectivity index (χ0v) is 12.9. The van der Waals surface area contributed by atoms with Gasteiger partial charge < -0.3 is 4.90 Å². The minimum absolute atomic E-state index is 0.126. The molecule has 0 aromatic carbocycles. The first-order chi connectivity index (χ1) is 8.22. The van der Waals surface area contributed by atoms with Crippen LogP contribution in [0.1, 0.15) is 46.5 Å². The summed E-state index contributed by atoms with van der Waals surface area (Å²) in [6.07, 6.45) is 4.00. The van der Waals surface area contributed by atoms with E-state index in [1.807, 2.05) is 6.92 Å². The number of nitrogens with one attached hydrogen (secondary N) is 1. The summed E-state index contributed by atoms with van der Waals surface area (Å²) in [5.74, 6) is -0.400. The van der Waals surface area contributed by atoms with Crippen molar-refractivity contribution in [1.29, 1.82) is 0 Å². The molecule has 0 fully saturated rings. The van der Waals surface area contributed by atoms with Crippen molar-refractivity contribution in [3.63, 3.8) is 0 Å². The molecule has 0 saturated carbocycles. The van der Waals surface area contributed by atoms with Gasteiger partial charge in [0.05, 0.1) is 0 Å². The maximum Gasteiger partial charge on any atom is 0.241 e. The number of carbonyl (C=O) groups is 1. The Labute approximate surface area is 111 Å². The largest absolute Gasteiger partial charge is 0.348 e. The van der Waals surface area contributed by atoms with E-state index < -0.39 is 21.2 Å². The summed E-state index contributed by atoms with van der Waals surface area (Å²) < 4.78 is 26.5. The van der Waals surface area contributed by atoms with E-state index in [2.05, 4.69) is 11.6 Å². The number of sulfonamides is 1. The highest BCUT2D eigenvalue weighted by atomic mass is 32.2. The van der Waals surface area contributed by atoms with Crippen molar-refractivity contribution in [3.05, 3.63) is 0 Å². The molecule has 2 atom stereocenters. The molecule has 0 aliphatic heterocycles. The fourth-order valence-corrected chi connectivity index (χ4v) is 3.00. The summed E-state index contributed by atoms with van der Waals surface area (Å²) in [5, 5.41) is -1.04. The molecule has 0 saturated heterocycles. The van der Waals surface area contributed by atoms with Gasteiger partial charge in [-0.05, 0) is 20.3 Å². The van der Waals surface area contributed by atoms with Crippen LogP contribution in [0.5, 0.6) is 0 Å². The third-order valence-corrected chi connectivity index (χ3v) is 4.72. The molecule has 0 spiro atoms. The number of hydrogen-bond donors (Lipinski definition) is 1. The summed E-state index contributed by atoms with van der Waals surface area (Å²) in [7, 11) is -0.473. The van der Waals surface area contributed by atoms with Crippen molar-refractivity contribution in [2.45, 2.75) is 57.7 Å². The fraction of sp³-hybridized carbons (Fsp3) is 0.917. The maximum atomic E-state index is 12.0. The molecule has 6 heteroatoms. The first-order valence-electron chi connectivity index (χ1n) is 6.44. The molecule has 0 aromatic rings. The van der Waals surface area contributed by atoms with Gasteiger partial charge in [0.25, 0.3) is 0 Å². The predicted molar refractivity (Wildman–Crippen MR) is 73.8 cm³/mol. The lowest BCUT2D eigenvalue weighted by atomic mass is 10.1. The van der Waals surface area contributed by atoms with E-state index in [4.69, 9.17) is 0 Å². The number of amides is 1. The Kier molecular flexibility index (Phi) is 7.47. The molecule has 0 bridgehead atoms. The number of hydrogen-bond acceptors (Lipinski definition) is 3. The highest BCUT2D eigenvalue weighted by Gasteiger charge is 2.29. The number of nitrogens with zero attached hydrogens (tertiary/aromatic N) is 1. The molecule has 0 rings (SSSR count). The smallest absolute Gasteiger partial charge is 0.241 e. The van der Waals surface area contributed by atoms with Crippen LogP contribution in [0.15, 0.2) is 0 Å². The molecule has 0 unspecified atom stereocenters. The summed E-state index contributed by atoms with van der Waals surface area (Å²) in [6.45, 7) is 5.36. The maximum absolute atomic E-state index is 12.0. The Bertz CT molecular complexity index is 352. The lowest BCUT2D eigenvalue weighted by Gasteiger charge is -2.20. The van der Waals surface area contributed by atoms with Crippen LogP contribution in [0, 0.1) is 0 Å². The van der Waals surface area contributed by atoms with Crippen molar-refractivity contribution in [3.8, 4) is 0 Å². The Balaban J connectivity index is 4.42. The molecule has 0 aliphatic carbocycles. The zero-order valence-electron chi connectivity index (χ0n) is 12.1. The molecule has 0 aromatic heterocycles. The monoisotopic (exact) mass is 278 g/mol. The van der Waals surface area contributed by atoms with E-state index in [9.17, 15) is 13.2 Å². The summed E-state index contributed by atoms with van der Waals surface area (Å²) >= 11 is 0. The number of carbonyl (C=O) groups excluding carboxylic acids is 1. The minimum Gasteiger partial charge on any atom is -0.348 e. The van der Waals surface area contributed by atoms with E-state index >= 15 is 0 Å². The Morgan fingerprint density at radius 1 is 1.22 bits per heavy atom. The molecule has 0 heterocycles. The van der Waals surface area contributed by atoms with Crippen molar-refractivity contribution < 1.29 is 13.2 Å². The quantitative estimate of drug-likeness (QED) is 0.682. The Morgan fingerprint density at radius 3 is 2.22 bits per heavy atom. The molecule has 0 radical (unpaired) electrons. The van der Waals surface area contributed by atoms with Crippen molar-refractivity contribution in [1.82, 2.24) is 9.62 Å². The molecule has 1 N–H and O–H groups in total. The van der Waals surface area contributed by atoms with Gasteiger partial charge in [0.1, 0.15) is 0 Å². The van der Waals surface area contributed by atoms with Crippen LogP contribution in [0.3, 0.4) is 0 Å². The van der Waals surface area contributed by atoms with Crippen molar-refractivity contribution in [2.24, 2.45) is 0 Å². The van der Waals surface area contributed by atoms with Crippen molar-refractivity contribution >= 4 is 15.9 Å². The van der Waals surface area contributed by atoms with Crippen LogP contribution in [-0.4, -0.2) is 44.6 Å². The van der Waals surface area contributed by atoms with E-state index in [0.29, 0.717) is 0 Å². The summed E-state index contributed by atoms with van der Waals surface area (Å²) in [5.41, 5.74) is 0. The van der Waals surface area contributed by atoms with Crippen molar-refractivity contribution in [2.75, 3.05) is 14.1 Å². The Hall–Kier alpha value is -0.620. The second kappa shape index (κ2) is 7.74. The lowest BCUT2D eigenvalue weighted by molar-refractivity contribution is -0.127. The number of unbranched alkanes of at least 4 members (excludes halogenated alkanes) is 2. The van der Waals surface area contributed by atoms with Gasteiger partial charge in [-0.1, -0.05) is 26.2 Å². The van der Waals surface area contributed by atoms with Gasteiger partial charge in [0.2, 0.25) is 15.9 Å². The molecule has 18 heavy (non-hydrogen) atoms. The predicted octanol–water partition coefficient (Wildman–Crippen LogP) is 1.35. The van der Waals surface area contributed by atoms with Crippen LogP contribution in [0.2, 0.25) is 0 Å². The zero-order chi connectivity index (χ0) is 14.3. The van der Waals surface area contributed by atoms with Crippen LogP contribution in [0.25, 0.3) is 0 Å². The SMILES string of the molecule is CCCCC[C@H](C)NS(=O)(=O)[C@@H](C)C(=O)N(C)C. The second-order valence-electron chi connectivity index (χ2n) is 4.93. The molecule has 0 aliphatic rings. The minimum atomic E-state index is -3.58. The van der Waals surface area contributed by atoms with Crippen LogP contribution in [0.4, 0.5) is 0 Å². The topological polar surface area (TPSA) is 66.5 Å². The fourth-order valence-electron chi connectivity index (χ4n) is 1.64. The average molecular weight is 278 g/mol.